The molecular weight excluding hydrogens is 287 g/mol. The van der Waals surface area contributed by atoms with Crippen molar-refractivity contribution in [3.8, 4) is 0 Å². The quantitative estimate of drug-likeness (QED) is 0.802. The minimum absolute atomic E-state index is 0.108. The Bertz CT molecular complexity index is 499. The fourth-order valence-corrected chi connectivity index (χ4v) is 2.24. The summed E-state index contributed by atoms with van der Waals surface area (Å²) in [6, 6.07) is 5.92. The molecule has 5 nitrogen and oxygen atoms in total. The SMILES string of the molecule is O=C(CCC(=O)NCC1CCCO1)NCc1ccc(F)cc1. The highest BCUT2D eigenvalue weighted by molar-refractivity contribution is 5.83. The number of halogens is 1. The molecule has 1 heterocycles. The highest BCUT2D eigenvalue weighted by atomic mass is 19.1. The van der Waals surface area contributed by atoms with Crippen molar-refractivity contribution in [2.75, 3.05) is 13.2 Å². The number of rotatable bonds is 7. The minimum Gasteiger partial charge on any atom is -0.376 e. The van der Waals surface area contributed by atoms with Gasteiger partial charge in [-0.15, -0.1) is 0 Å². The van der Waals surface area contributed by atoms with Crippen molar-refractivity contribution in [2.45, 2.75) is 38.3 Å². The summed E-state index contributed by atoms with van der Waals surface area (Å²) in [5.74, 6) is -0.651. The Kier molecular flexibility index (Phi) is 6.33. The first-order valence-corrected chi connectivity index (χ1v) is 7.53. The van der Waals surface area contributed by atoms with Gasteiger partial charge < -0.3 is 15.4 Å². The van der Waals surface area contributed by atoms with Gasteiger partial charge in [0.15, 0.2) is 0 Å². The third-order valence-electron chi connectivity index (χ3n) is 3.53. The maximum Gasteiger partial charge on any atom is 0.220 e. The van der Waals surface area contributed by atoms with Gasteiger partial charge in [0.05, 0.1) is 6.10 Å². The first-order valence-electron chi connectivity index (χ1n) is 7.53. The van der Waals surface area contributed by atoms with Crippen molar-refractivity contribution in [3.05, 3.63) is 35.6 Å². The summed E-state index contributed by atoms with van der Waals surface area (Å²) in [5, 5.41) is 5.48. The zero-order valence-electron chi connectivity index (χ0n) is 12.4. The van der Waals surface area contributed by atoms with Crippen LogP contribution in [0.5, 0.6) is 0 Å². The summed E-state index contributed by atoms with van der Waals surface area (Å²) in [4.78, 5) is 23.3. The third kappa shape index (κ3) is 5.81. The number of hydrogen-bond donors (Lipinski definition) is 2. The monoisotopic (exact) mass is 308 g/mol. The van der Waals surface area contributed by atoms with Gasteiger partial charge in [-0.3, -0.25) is 9.59 Å². The van der Waals surface area contributed by atoms with Gasteiger partial charge in [-0.05, 0) is 30.5 Å². The molecule has 6 heteroatoms. The molecule has 22 heavy (non-hydrogen) atoms. The second kappa shape index (κ2) is 8.48. The van der Waals surface area contributed by atoms with Crippen LogP contribution in [-0.2, 0) is 20.9 Å². The standard InChI is InChI=1S/C16H21FN2O3/c17-13-5-3-12(4-6-13)10-18-15(20)7-8-16(21)19-11-14-2-1-9-22-14/h3-6,14H,1-2,7-11H2,(H,18,20)(H,19,21). The molecule has 0 aliphatic carbocycles. The molecule has 0 spiro atoms. The highest BCUT2D eigenvalue weighted by Gasteiger charge is 2.16. The molecule has 1 aromatic carbocycles. The first-order chi connectivity index (χ1) is 10.6. The van der Waals surface area contributed by atoms with Crippen LogP contribution in [0.25, 0.3) is 0 Å². The molecule has 1 aliphatic rings. The van der Waals surface area contributed by atoms with Gasteiger partial charge in [-0.25, -0.2) is 4.39 Å². The van der Waals surface area contributed by atoms with Crippen LogP contribution in [0, 0.1) is 5.82 Å². The lowest BCUT2D eigenvalue weighted by Crippen LogP contribution is -2.32. The van der Waals surface area contributed by atoms with E-state index in [1.807, 2.05) is 0 Å². The van der Waals surface area contributed by atoms with Crippen LogP contribution in [0.4, 0.5) is 4.39 Å². The molecule has 1 fully saturated rings. The molecule has 120 valence electrons. The lowest BCUT2D eigenvalue weighted by Gasteiger charge is -2.10. The van der Waals surface area contributed by atoms with Crippen molar-refractivity contribution < 1.29 is 18.7 Å². The number of hydrogen-bond acceptors (Lipinski definition) is 3. The van der Waals surface area contributed by atoms with Crippen molar-refractivity contribution in [1.29, 1.82) is 0 Å². The molecule has 2 N–H and O–H groups in total. The van der Waals surface area contributed by atoms with Gasteiger partial charge in [0, 0.05) is 32.5 Å². The first kappa shape index (κ1) is 16.4. The number of benzene rings is 1. The summed E-state index contributed by atoms with van der Waals surface area (Å²) in [6.07, 6.45) is 2.40. The molecule has 1 unspecified atom stereocenters. The number of amides is 2. The Morgan fingerprint density at radius 1 is 1.14 bits per heavy atom. The van der Waals surface area contributed by atoms with Crippen LogP contribution in [0.2, 0.25) is 0 Å². The Morgan fingerprint density at radius 2 is 1.82 bits per heavy atom. The van der Waals surface area contributed by atoms with E-state index in [4.69, 9.17) is 4.74 Å². The average Bonchev–Trinajstić information content (AvgIpc) is 3.04. The van der Waals surface area contributed by atoms with Crippen LogP contribution in [0.15, 0.2) is 24.3 Å². The lowest BCUT2D eigenvalue weighted by atomic mass is 10.2. The Balaban J connectivity index is 1.58. The summed E-state index contributed by atoms with van der Waals surface area (Å²) in [5.41, 5.74) is 0.817. The Hall–Kier alpha value is -1.95. The maximum atomic E-state index is 12.7. The molecular formula is C16H21FN2O3. The number of ether oxygens (including phenoxy) is 1. The van der Waals surface area contributed by atoms with E-state index < -0.39 is 0 Å². The molecule has 2 amide bonds. The van der Waals surface area contributed by atoms with Gasteiger partial charge in [0.2, 0.25) is 11.8 Å². The smallest absolute Gasteiger partial charge is 0.220 e. The maximum absolute atomic E-state index is 12.7. The minimum atomic E-state index is -0.307. The van der Waals surface area contributed by atoms with Crippen LogP contribution < -0.4 is 10.6 Å². The van der Waals surface area contributed by atoms with E-state index in [9.17, 15) is 14.0 Å². The van der Waals surface area contributed by atoms with Crippen molar-refractivity contribution >= 4 is 11.8 Å². The molecule has 0 bridgehead atoms. The van der Waals surface area contributed by atoms with E-state index >= 15 is 0 Å². The van der Waals surface area contributed by atoms with Gasteiger partial charge in [0.1, 0.15) is 5.82 Å². The second-order valence-corrected chi connectivity index (χ2v) is 5.34. The van der Waals surface area contributed by atoms with Gasteiger partial charge in [0.25, 0.3) is 0 Å². The van der Waals surface area contributed by atoms with Gasteiger partial charge in [-0.2, -0.15) is 0 Å². The third-order valence-corrected chi connectivity index (χ3v) is 3.53. The Labute approximate surface area is 129 Å². The molecule has 1 atom stereocenters. The van der Waals surface area contributed by atoms with Gasteiger partial charge >= 0.3 is 0 Å². The molecule has 1 saturated heterocycles. The topological polar surface area (TPSA) is 67.4 Å². The van der Waals surface area contributed by atoms with Crippen LogP contribution in [-0.4, -0.2) is 31.1 Å². The van der Waals surface area contributed by atoms with E-state index in [1.54, 1.807) is 12.1 Å². The summed E-state index contributed by atoms with van der Waals surface area (Å²) in [7, 11) is 0. The normalized spacial score (nSPS) is 17.2. The molecule has 0 radical (unpaired) electrons. The summed E-state index contributed by atoms with van der Waals surface area (Å²) < 4.78 is 18.1. The van der Waals surface area contributed by atoms with Gasteiger partial charge in [-0.1, -0.05) is 12.1 Å². The lowest BCUT2D eigenvalue weighted by molar-refractivity contribution is -0.126. The van der Waals surface area contributed by atoms with E-state index in [1.165, 1.54) is 12.1 Å². The highest BCUT2D eigenvalue weighted by Crippen LogP contribution is 2.10. The molecule has 1 aliphatic heterocycles. The Morgan fingerprint density at radius 3 is 2.45 bits per heavy atom. The molecule has 0 saturated carbocycles. The average molecular weight is 308 g/mol. The second-order valence-electron chi connectivity index (χ2n) is 5.34. The largest absolute Gasteiger partial charge is 0.376 e. The van der Waals surface area contributed by atoms with Crippen molar-refractivity contribution in [2.24, 2.45) is 0 Å². The number of carbonyl (C=O) groups excluding carboxylic acids is 2. The fraction of sp³-hybridized carbons (Fsp3) is 0.500. The molecule has 2 rings (SSSR count). The number of nitrogens with one attached hydrogen (secondary N) is 2. The predicted molar refractivity (Wildman–Crippen MR) is 79.5 cm³/mol. The van der Waals surface area contributed by atoms with E-state index in [0.717, 1.165) is 25.0 Å². The number of carbonyl (C=O) groups is 2. The van der Waals surface area contributed by atoms with E-state index in [-0.39, 0.29) is 36.6 Å². The van der Waals surface area contributed by atoms with Crippen molar-refractivity contribution in [3.63, 3.8) is 0 Å². The zero-order valence-corrected chi connectivity index (χ0v) is 12.4. The fourth-order valence-electron chi connectivity index (χ4n) is 2.24. The predicted octanol–water partition coefficient (Wildman–Crippen LogP) is 1.52. The van der Waals surface area contributed by atoms with Crippen LogP contribution in [0.3, 0.4) is 0 Å². The molecule has 1 aromatic rings. The van der Waals surface area contributed by atoms with Crippen LogP contribution in [0.1, 0.15) is 31.2 Å². The van der Waals surface area contributed by atoms with Crippen molar-refractivity contribution in [1.82, 2.24) is 10.6 Å². The molecule has 0 aromatic heterocycles. The van der Waals surface area contributed by atoms with E-state index in [2.05, 4.69) is 10.6 Å². The van der Waals surface area contributed by atoms with E-state index in [0.29, 0.717) is 13.1 Å². The van der Waals surface area contributed by atoms with Crippen LogP contribution >= 0.6 is 0 Å². The summed E-state index contributed by atoms with van der Waals surface area (Å²) in [6.45, 7) is 1.60. The zero-order chi connectivity index (χ0) is 15.8. The summed E-state index contributed by atoms with van der Waals surface area (Å²) >= 11 is 0.